The van der Waals surface area contributed by atoms with Gasteiger partial charge in [-0.15, -0.1) is 0 Å². The highest BCUT2D eigenvalue weighted by Crippen LogP contribution is 2.22. The molecular weight excluding hydrogens is 284 g/mol. The van der Waals surface area contributed by atoms with Gasteiger partial charge in [0.15, 0.2) is 5.16 Å². The minimum absolute atomic E-state index is 0.421. The van der Waals surface area contributed by atoms with Gasteiger partial charge in [-0.2, -0.15) is 0 Å². The Morgan fingerprint density at radius 3 is 2.40 bits per heavy atom. The van der Waals surface area contributed by atoms with Crippen molar-refractivity contribution in [3.8, 4) is 0 Å². The summed E-state index contributed by atoms with van der Waals surface area (Å²) in [6.07, 6.45) is 3.10. The van der Waals surface area contributed by atoms with E-state index in [2.05, 4.69) is 15.3 Å². The molecule has 0 bridgehead atoms. The van der Waals surface area contributed by atoms with Gasteiger partial charge in [0.2, 0.25) is 5.91 Å². The van der Waals surface area contributed by atoms with Gasteiger partial charge in [-0.3, -0.25) is 4.79 Å². The van der Waals surface area contributed by atoms with Crippen molar-refractivity contribution in [3.63, 3.8) is 0 Å². The van der Waals surface area contributed by atoms with Crippen molar-refractivity contribution in [1.82, 2.24) is 9.97 Å². The average Bonchev–Trinajstić information content (AvgIpc) is 2.44. The summed E-state index contributed by atoms with van der Waals surface area (Å²) in [5.41, 5.74) is -0.445. The highest BCUT2D eigenvalue weighted by molar-refractivity contribution is 8.00. The fourth-order valence-corrected chi connectivity index (χ4v) is 2.13. The van der Waals surface area contributed by atoms with Crippen LogP contribution >= 0.6 is 11.8 Å². The number of amides is 1. The maximum absolute atomic E-state index is 13.4. The van der Waals surface area contributed by atoms with Crippen LogP contribution in [0.15, 0.2) is 41.8 Å². The molecule has 20 heavy (non-hydrogen) atoms. The Morgan fingerprint density at radius 2 is 1.80 bits per heavy atom. The zero-order chi connectivity index (χ0) is 14.5. The number of carbonyl (C=O) groups is 1. The van der Waals surface area contributed by atoms with Crippen LogP contribution in [0.1, 0.15) is 6.92 Å². The third kappa shape index (κ3) is 3.51. The van der Waals surface area contributed by atoms with E-state index in [1.165, 1.54) is 6.07 Å². The minimum atomic E-state index is -0.813. The number of anilines is 1. The number of aromatic nitrogens is 2. The molecule has 0 aliphatic heterocycles. The van der Waals surface area contributed by atoms with Gasteiger partial charge in [0.25, 0.3) is 0 Å². The van der Waals surface area contributed by atoms with E-state index in [9.17, 15) is 13.6 Å². The van der Waals surface area contributed by atoms with Crippen molar-refractivity contribution in [1.29, 1.82) is 0 Å². The number of para-hydroxylation sites is 1. The molecule has 1 atom stereocenters. The quantitative estimate of drug-likeness (QED) is 0.696. The molecule has 1 aromatic heterocycles. The van der Waals surface area contributed by atoms with E-state index < -0.39 is 28.5 Å². The zero-order valence-corrected chi connectivity index (χ0v) is 11.3. The van der Waals surface area contributed by atoms with Gasteiger partial charge < -0.3 is 5.32 Å². The number of carbonyl (C=O) groups excluding carboxylic acids is 1. The first kappa shape index (κ1) is 14.4. The van der Waals surface area contributed by atoms with E-state index in [-0.39, 0.29) is 0 Å². The number of benzene rings is 1. The van der Waals surface area contributed by atoms with Crippen LogP contribution in [-0.4, -0.2) is 21.1 Å². The summed E-state index contributed by atoms with van der Waals surface area (Å²) in [7, 11) is 0. The molecule has 0 saturated heterocycles. The lowest BCUT2D eigenvalue weighted by Gasteiger charge is -2.12. The van der Waals surface area contributed by atoms with Gasteiger partial charge in [0, 0.05) is 12.4 Å². The van der Waals surface area contributed by atoms with E-state index >= 15 is 0 Å². The van der Waals surface area contributed by atoms with E-state index in [1.807, 2.05) is 0 Å². The first-order chi connectivity index (χ1) is 9.58. The third-order valence-corrected chi connectivity index (χ3v) is 3.39. The average molecular weight is 295 g/mol. The minimum Gasteiger partial charge on any atom is -0.320 e. The summed E-state index contributed by atoms with van der Waals surface area (Å²) in [6.45, 7) is 1.61. The Kier molecular flexibility index (Phi) is 4.62. The van der Waals surface area contributed by atoms with Crippen molar-refractivity contribution < 1.29 is 13.6 Å². The molecule has 1 N–H and O–H groups in total. The molecule has 0 aliphatic carbocycles. The topological polar surface area (TPSA) is 54.9 Å². The largest absolute Gasteiger partial charge is 0.320 e. The smallest absolute Gasteiger partial charge is 0.237 e. The van der Waals surface area contributed by atoms with Gasteiger partial charge in [-0.1, -0.05) is 17.8 Å². The third-order valence-electron chi connectivity index (χ3n) is 2.40. The molecule has 1 amide bonds. The molecule has 104 valence electrons. The van der Waals surface area contributed by atoms with Gasteiger partial charge in [0.1, 0.15) is 17.3 Å². The monoisotopic (exact) mass is 295 g/mol. The molecule has 1 aromatic carbocycles. The van der Waals surface area contributed by atoms with Crippen LogP contribution in [0.2, 0.25) is 0 Å². The van der Waals surface area contributed by atoms with Gasteiger partial charge in [-0.05, 0) is 25.1 Å². The van der Waals surface area contributed by atoms with Crippen LogP contribution < -0.4 is 5.32 Å². The highest BCUT2D eigenvalue weighted by atomic mass is 32.2. The molecule has 1 unspecified atom stereocenters. The van der Waals surface area contributed by atoms with Crippen LogP contribution in [0.5, 0.6) is 0 Å². The maximum Gasteiger partial charge on any atom is 0.237 e. The van der Waals surface area contributed by atoms with Crippen molar-refractivity contribution in [2.45, 2.75) is 17.3 Å². The number of thioether (sulfide) groups is 1. The predicted molar refractivity (Wildman–Crippen MR) is 72.3 cm³/mol. The van der Waals surface area contributed by atoms with Gasteiger partial charge in [0.05, 0.1) is 5.25 Å². The Hall–Kier alpha value is -2.02. The van der Waals surface area contributed by atoms with E-state index in [0.29, 0.717) is 5.16 Å². The second kappa shape index (κ2) is 6.42. The lowest BCUT2D eigenvalue weighted by Crippen LogP contribution is -2.23. The molecule has 0 aliphatic rings. The lowest BCUT2D eigenvalue weighted by atomic mass is 10.3. The molecule has 0 fully saturated rings. The zero-order valence-electron chi connectivity index (χ0n) is 10.5. The normalized spacial score (nSPS) is 11.9. The number of nitrogens with one attached hydrogen (secondary N) is 1. The molecule has 2 aromatic rings. The predicted octanol–water partition coefficient (Wildman–Crippen LogP) is 2.87. The molecule has 0 saturated carbocycles. The van der Waals surface area contributed by atoms with Crippen LogP contribution in [0, 0.1) is 11.6 Å². The Bertz CT molecular complexity index is 590. The van der Waals surface area contributed by atoms with E-state index in [4.69, 9.17) is 0 Å². The fourth-order valence-electron chi connectivity index (χ4n) is 1.40. The van der Waals surface area contributed by atoms with Crippen molar-refractivity contribution in [2.24, 2.45) is 0 Å². The fraction of sp³-hybridized carbons (Fsp3) is 0.154. The second-order valence-electron chi connectivity index (χ2n) is 3.88. The number of hydrogen-bond donors (Lipinski definition) is 1. The summed E-state index contributed by atoms with van der Waals surface area (Å²) < 4.78 is 26.8. The number of nitrogens with zero attached hydrogens (tertiary/aromatic N) is 2. The van der Waals surface area contributed by atoms with Crippen LogP contribution in [0.4, 0.5) is 14.5 Å². The summed E-state index contributed by atoms with van der Waals surface area (Å²) >= 11 is 1.10. The van der Waals surface area contributed by atoms with Crippen molar-refractivity contribution >= 4 is 23.4 Å². The number of rotatable bonds is 4. The van der Waals surface area contributed by atoms with Crippen LogP contribution in [0.25, 0.3) is 0 Å². The first-order valence-electron chi connectivity index (χ1n) is 5.76. The first-order valence-corrected chi connectivity index (χ1v) is 6.64. The Morgan fingerprint density at radius 1 is 1.20 bits per heavy atom. The number of halogens is 2. The maximum atomic E-state index is 13.4. The lowest BCUT2D eigenvalue weighted by molar-refractivity contribution is -0.115. The number of hydrogen-bond acceptors (Lipinski definition) is 4. The summed E-state index contributed by atoms with van der Waals surface area (Å²) in [5, 5.41) is 2.07. The SMILES string of the molecule is CC(Sc1ncccn1)C(=O)Nc1c(F)cccc1F. The Balaban J connectivity index is 2.05. The Labute approximate surface area is 118 Å². The molecule has 1 heterocycles. The standard InChI is InChI=1S/C13H11F2N3OS/c1-8(20-13-16-6-3-7-17-13)12(19)18-11-9(14)4-2-5-10(11)15/h2-8H,1H3,(H,18,19). The second-order valence-corrected chi connectivity index (χ2v) is 5.19. The molecular formula is C13H11F2N3OS. The van der Waals surface area contributed by atoms with E-state index in [1.54, 1.807) is 25.4 Å². The van der Waals surface area contributed by atoms with E-state index in [0.717, 1.165) is 23.9 Å². The highest BCUT2D eigenvalue weighted by Gasteiger charge is 2.19. The van der Waals surface area contributed by atoms with Crippen molar-refractivity contribution in [3.05, 3.63) is 48.3 Å². The summed E-state index contributed by atoms with van der Waals surface area (Å²) in [4.78, 5) is 19.8. The molecule has 0 spiro atoms. The van der Waals surface area contributed by atoms with Gasteiger partial charge >= 0.3 is 0 Å². The van der Waals surface area contributed by atoms with Crippen LogP contribution in [0.3, 0.4) is 0 Å². The van der Waals surface area contributed by atoms with Gasteiger partial charge in [-0.25, -0.2) is 18.7 Å². The summed E-state index contributed by atoms with van der Waals surface area (Å²) in [5.74, 6) is -2.15. The van der Waals surface area contributed by atoms with Crippen LogP contribution in [-0.2, 0) is 4.79 Å². The van der Waals surface area contributed by atoms with Crippen molar-refractivity contribution in [2.75, 3.05) is 5.32 Å². The molecule has 7 heteroatoms. The molecule has 2 rings (SSSR count). The molecule has 4 nitrogen and oxygen atoms in total. The summed E-state index contributed by atoms with van der Waals surface area (Å²) in [6, 6.07) is 5.05. The molecule has 0 radical (unpaired) electrons.